The normalized spacial score (nSPS) is 10.8. The Balaban J connectivity index is 1.74. The van der Waals surface area contributed by atoms with Crippen molar-refractivity contribution in [2.75, 3.05) is 5.32 Å². The van der Waals surface area contributed by atoms with Gasteiger partial charge in [-0.2, -0.15) is 0 Å². The van der Waals surface area contributed by atoms with Crippen LogP contribution in [0.25, 0.3) is 22.3 Å². The van der Waals surface area contributed by atoms with E-state index < -0.39 is 5.82 Å². The highest BCUT2D eigenvalue weighted by Crippen LogP contribution is 2.27. The minimum Gasteiger partial charge on any atom is -0.352 e. The van der Waals surface area contributed by atoms with Gasteiger partial charge in [-0.15, -0.1) is 0 Å². The Morgan fingerprint density at radius 1 is 0.960 bits per heavy atom. The Hall–Kier alpha value is -3.05. The molecule has 0 bridgehead atoms. The van der Waals surface area contributed by atoms with Crippen molar-refractivity contribution in [2.24, 2.45) is 0 Å². The molecule has 0 spiro atoms. The highest BCUT2D eigenvalue weighted by Gasteiger charge is 2.08. The number of hydrogen-bond donors (Lipinski definition) is 1. The second-order valence-electron chi connectivity index (χ2n) is 5.43. The van der Waals surface area contributed by atoms with Crippen molar-refractivity contribution in [3.63, 3.8) is 0 Å². The fraction of sp³-hybridized carbons (Fsp3) is 0. The summed E-state index contributed by atoms with van der Waals surface area (Å²) in [5.74, 6) is -0.462. The molecule has 2 aromatic heterocycles. The van der Waals surface area contributed by atoms with Crippen molar-refractivity contribution >= 4 is 34.0 Å². The lowest BCUT2D eigenvalue weighted by Crippen LogP contribution is -1.97. The van der Waals surface area contributed by atoms with Crippen LogP contribution in [0, 0.1) is 5.82 Å². The lowest BCUT2D eigenvalue weighted by atomic mass is 10.1. The molecule has 0 atom stereocenters. The number of fused-ring (bicyclic) bond motifs is 1. The summed E-state index contributed by atoms with van der Waals surface area (Å²) < 4.78 is 13.3. The maximum Gasteiger partial charge on any atom is 0.141 e. The van der Waals surface area contributed by atoms with E-state index in [9.17, 15) is 4.39 Å². The highest BCUT2D eigenvalue weighted by molar-refractivity contribution is 6.31. The van der Waals surface area contributed by atoms with Gasteiger partial charge >= 0.3 is 0 Å². The van der Waals surface area contributed by atoms with Crippen LogP contribution < -0.4 is 5.32 Å². The average Bonchev–Trinajstić information content (AvgIpc) is 2.65. The molecule has 0 fully saturated rings. The van der Waals surface area contributed by atoms with Crippen molar-refractivity contribution in [3.8, 4) is 11.3 Å². The second kappa shape index (κ2) is 6.45. The zero-order valence-corrected chi connectivity index (χ0v) is 13.7. The number of benzene rings is 2. The maximum absolute atomic E-state index is 13.3. The Labute approximate surface area is 148 Å². The van der Waals surface area contributed by atoms with Gasteiger partial charge in [-0.1, -0.05) is 41.9 Å². The SMILES string of the molecule is Fc1ccc(Nc2cncc3nc(-c4ccccc4)cnc23)cc1Cl. The summed E-state index contributed by atoms with van der Waals surface area (Å²) in [5, 5.41) is 3.21. The van der Waals surface area contributed by atoms with Gasteiger partial charge < -0.3 is 5.32 Å². The molecule has 4 aromatic rings. The van der Waals surface area contributed by atoms with E-state index >= 15 is 0 Å². The van der Waals surface area contributed by atoms with Crippen LogP contribution in [0.5, 0.6) is 0 Å². The Kier molecular flexibility index (Phi) is 3.99. The first-order chi connectivity index (χ1) is 12.2. The summed E-state index contributed by atoms with van der Waals surface area (Å²) in [4.78, 5) is 13.4. The van der Waals surface area contributed by atoms with Crippen molar-refractivity contribution in [3.05, 3.63) is 78.0 Å². The van der Waals surface area contributed by atoms with Gasteiger partial charge in [0.05, 0.1) is 35.0 Å². The zero-order valence-electron chi connectivity index (χ0n) is 12.9. The van der Waals surface area contributed by atoms with Crippen LogP contribution in [0.15, 0.2) is 67.1 Å². The van der Waals surface area contributed by atoms with Crippen LogP contribution in [-0.2, 0) is 0 Å². The van der Waals surface area contributed by atoms with Gasteiger partial charge in [0, 0.05) is 11.3 Å². The van der Waals surface area contributed by atoms with Crippen LogP contribution in [0.2, 0.25) is 5.02 Å². The van der Waals surface area contributed by atoms with E-state index in [1.165, 1.54) is 12.1 Å². The molecule has 0 saturated carbocycles. The molecule has 0 amide bonds. The molecule has 6 heteroatoms. The number of rotatable bonds is 3. The van der Waals surface area contributed by atoms with E-state index in [2.05, 4.69) is 20.3 Å². The molecule has 0 radical (unpaired) electrons. The summed E-state index contributed by atoms with van der Waals surface area (Å²) in [6.07, 6.45) is 5.04. The Morgan fingerprint density at radius 2 is 1.80 bits per heavy atom. The Morgan fingerprint density at radius 3 is 2.60 bits per heavy atom. The minimum atomic E-state index is -0.462. The molecule has 2 aromatic carbocycles. The van der Waals surface area contributed by atoms with E-state index in [-0.39, 0.29) is 5.02 Å². The van der Waals surface area contributed by atoms with Crippen LogP contribution in [0.4, 0.5) is 15.8 Å². The first-order valence-corrected chi connectivity index (χ1v) is 7.97. The fourth-order valence-corrected chi connectivity index (χ4v) is 2.69. The highest BCUT2D eigenvalue weighted by atomic mass is 35.5. The largest absolute Gasteiger partial charge is 0.352 e. The van der Waals surface area contributed by atoms with Gasteiger partial charge in [-0.25, -0.2) is 9.37 Å². The second-order valence-corrected chi connectivity index (χ2v) is 5.84. The molecular formula is C19H12ClFN4. The molecule has 4 nitrogen and oxygen atoms in total. The van der Waals surface area contributed by atoms with Crippen LogP contribution in [0.1, 0.15) is 0 Å². The van der Waals surface area contributed by atoms with Gasteiger partial charge in [-0.3, -0.25) is 9.97 Å². The number of aromatic nitrogens is 3. The van der Waals surface area contributed by atoms with Gasteiger partial charge in [0.15, 0.2) is 0 Å². The third-order valence-electron chi connectivity index (χ3n) is 3.72. The summed E-state index contributed by atoms with van der Waals surface area (Å²) in [6.45, 7) is 0. The standard InChI is InChI=1S/C19H12ClFN4/c20-14-8-13(6-7-15(14)21)24-17-9-22-10-18-19(17)23-11-16(25-18)12-4-2-1-3-5-12/h1-11,24H. The number of hydrogen-bond acceptors (Lipinski definition) is 4. The van der Waals surface area contributed by atoms with Gasteiger partial charge in [0.25, 0.3) is 0 Å². The molecule has 2 heterocycles. The average molecular weight is 351 g/mol. The number of anilines is 2. The first-order valence-electron chi connectivity index (χ1n) is 7.59. The van der Waals surface area contributed by atoms with Gasteiger partial charge in [0.1, 0.15) is 16.9 Å². The van der Waals surface area contributed by atoms with Crippen LogP contribution >= 0.6 is 11.6 Å². The van der Waals surface area contributed by atoms with E-state index in [4.69, 9.17) is 11.6 Å². The number of nitrogens with one attached hydrogen (secondary N) is 1. The summed E-state index contributed by atoms with van der Waals surface area (Å²) in [5.41, 5.74) is 4.43. The van der Waals surface area contributed by atoms with Crippen molar-refractivity contribution in [2.45, 2.75) is 0 Å². The van der Waals surface area contributed by atoms with E-state index in [1.807, 2.05) is 30.3 Å². The third-order valence-corrected chi connectivity index (χ3v) is 4.01. The summed E-state index contributed by atoms with van der Waals surface area (Å²) >= 11 is 5.83. The first kappa shape index (κ1) is 15.5. The van der Waals surface area contributed by atoms with E-state index in [1.54, 1.807) is 24.7 Å². The molecule has 4 rings (SSSR count). The number of halogens is 2. The van der Waals surface area contributed by atoms with Crippen LogP contribution in [-0.4, -0.2) is 15.0 Å². The van der Waals surface area contributed by atoms with Crippen molar-refractivity contribution in [1.29, 1.82) is 0 Å². The third kappa shape index (κ3) is 3.14. The zero-order chi connectivity index (χ0) is 17.2. The molecule has 25 heavy (non-hydrogen) atoms. The molecule has 0 unspecified atom stereocenters. The Bertz CT molecular complexity index is 1050. The molecular weight excluding hydrogens is 339 g/mol. The predicted molar refractivity (Wildman–Crippen MR) is 97.5 cm³/mol. The minimum absolute atomic E-state index is 0.0515. The van der Waals surface area contributed by atoms with Gasteiger partial charge in [0.2, 0.25) is 0 Å². The monoisotopic (exact) mass is 350 g/mol. The molecule has 122 valence electrons. The van der Waals surface area contributed by atoms with Gasteiger partial charge in [-0.05, 0) is 18.2 Å². The quantitative estimate of drug-likeness (QED) is 0.549. The summed E-state index contributed by atoms with van der Waals surface area (Å²) in [6, 6.07) is 14.2. The lowest BCUT2D eigenvalue weighted by Gasteiger charge is -2.10. The molecule has 1 N–H and O–H groups in total. The predicted octanol–water partition coefficient (Wildman–Crippen LogP) is 5.23. The van der Waals surface area contributed by atoms with Crippen molar-refractivity contribution in [1.82, 2.24) is 15.0 Å². The summed E-state index contributed by atoms with van der Waals surface area (Å²) in [7, 11) is 0. The number of pyridine rings is 1. The molecule has 0 saturated heterocycles. The molecule has 0 aliphatic carbocycles. The molecule has 0 aliphatic heterocycles. The lowest BCUT2D eigenvalue weighted by molar-refractivity contribution is 0.628. The molecule has 0 aliphatic rings. The topological polar surface area (TPSA) is 50.7 Å². The van der Waals surface area contributed by atoms with Crippen molar-refractivity contribution < 1.29 is 4.39 Å². The van der Waals surface area contributed by atoms with E-state index in [0.29, 0.717) is 22.4 Å². The smallest absolute Gasteiger partial charge is 0.141 e. The van der Waals surface area contributed by atoms with E-state index in [0.717, 1.165) is 11.3 Å². The maximum atomic E-state index is 13.3. The fourth-order valence-electron chi connectivity index (χ4n) is 2.51. The van der Waals surface area contributed by atoms with Crippen LogP contribution in [0.3, 0.4) is 0 Å². The number of nitrogens with zero attached hydrogens (tertiary/aromatic N) is 3.